The van der Waals surface area contributed by atoms with Crippen molar-refractivity contribution in [3.63, 3.8) is 0 Å². The first-order chi connectivity index (χ1) is 8.59. The number of thiophene rings is 1. The first-order valence-corrected chi connectivity index (χ1v) is 8.59. The first-order valence-electron chi connectivity index (χ1n) is 6.27. The molecule has 0 aromatic carbocycles. The van der Waals surface area contributed by atoms with Crippen LogP contribution in [0.4, 0.5) is 0 Å². The Labute approximate surface area is 112 Å². The fourth-order valence-corrected chi connectivity index (χ4v) is 4.83. The molecule has 1 fully saturated rings. The van der Waals surface area contributed by atoms with Crippen LogP contribution in [-0.2, 0) is 16.6 Å². The molecule has 18 heavy (non-hydrogen) atoms. The number of aliphatic hydroxyl groups is 1. The van der Waals surface area contributed by atoms with Crippen molar-refractivity contribution in [2.24, 2.45) is 5.92 Å². The maximum Gasteiger partial charge on any atom is 0.244 e. The minimum atomic E-state index is -3.43. The molecule has 4 nitrogen and oxygen atoms in total. The third kappa shape index (κ3) is 2.93. The molecule has 1 aliphatic rings. The van der Waals surface area contributed by atoms with E-state index in [9.17, 15) is 13.5 Å². The Morgan fingerprint density at radius 1 is 1.50 bits per heavy atom. The first kappa shape index (κ1) is 14.0. The highest BCUT2D eigenvalue weighted by atomic mass is 32.2. The summed E-state index contributed by atoms with van der Waals surface area (Å²) in [7, 11) is -3.43. The van der Waals surface area contributed by atoms with Gasteiger partial charge in [0, 0.05) is 18.0 Å². The molecule has 0 atom stereocenters. The molecule has 1 aromatic heterocycles. The van der Waals surface area contributed by atoms with Crippen LogP contribution in [0.3, 0.4) is 0 Å². The predicted molar refractivity (Wildman–Crippen MR) is 72.0 cm³/mol. The number of rotatable bonds is 7. The van der Waals surface area contributed by atoms with Gasteiger partial charge in [-0.25, -0.2) is 8.42 Å². The third-order valence-corrected chi connectivity index (χ3v) is 6.08. The van der Waals surface area contributed by atoms with Crippen molar-refractivity contribution in [1.29, 1.82) is 0 Å². The highest BCUT2D eigenvalue weighted by Crippen LogP contribution is 2.33. The molecule has 0 bridgehead atoms. The van der Waals surface area contributed by atoms with Crippen LogP contribution in [-0.4, -0.2) is 30.9 Å². The van der Waals surface area contributed by atoms with E-state index in [2.05, 4.69) is 0 Å². The monoisotopic (exact) mass is 289 g/mol. The standard InChI is InChI=1S/C12H19NO3S2/c1-2-6-13(8-10-3-4-10)18(15,16)12-5-7-17-11(12)9-14/h5,7,10,14H,2-4,6,8-9H2,1H3. The highest BCUT2D eigenvalue weighted by molar-refractivity contribution is 7.89. The number of hydrogen-bond donors (Lipinski definition) is 1. The summed E-state index contributed by atoms with van der Waals surface area (Å²) < 4.78 is 26.7. The van der Waals surface area contributed by atoms with Gasteiger partial charge in [0.05, 0.1) is 11.5 Å². The Hall–Kier alpha value is -0.430. The zero-order valence-corrected chi connectivity index (χ0v) is 12.1. The van der Waals surface area contributed by atoms with Crippen LogP contribution < -0.4 is 0 Å². The largest absolute Gasteiger partial charge is 0.391 e. The van der Waals surface area contributed by atoms with Crippen LogP contribution >= 0.6 is 11.3 Å². The summed E-state index contributed by atoms with van der Waals surface area (Å²) in [6.45, 7) is 2.95. The number of aliphatic hydroxyl groups excluding tert-OH is 1. The lowest BCUT2D eigenvalue weighted by Crippen LogP contribution is -2.33. The van der Waals surface area contributed by atoms with Gasteiger partial charge in [0.15, 0.2) is 0 Å². The molecule has 1 N–H and O–H groups in total. The van der Waals surface area contributed by atoms with Gasteiger partial charge in [-0.1, -0.05) is 6.92 Å². The second-order valence-electron chi connectivity index (χ2n) is 4.67. The van der Waals surface area contributed by atoms with Crippen molar-refractivity contribution in [3.05, 3.63) is 16.3 Å². The second-order valence-corrected chi connectivity index (χ2v) is 7.58. The lowest BCUT2D eigenvalue weighted by atomic mass is 10.4. The van der Waals surface area contributed by atoms with E-state index in [0.717, 1.165) is 19.3 Å². The molecule has 0 unspecified atom stereocenters. The molecule has 102 valence electrons. The van der Waals surface area contributed by atoms with Crippen LogP contribution in [0.25, 0.3) is 0 Å². The topological polar surface area (TPSA) is 57.6 Å². The molecule has 0 saturated heterocycles. The van der Waals surface area contributed by atoms with Gasteiger partial charge in [-0.15, -0.1) is 11.3 Å². The van der Waals surface area contributed by atoms with Gasteiger partial charge >= 0.3 is 0 Å². The minimum absolute atomic E-state index is 0.213. The molecule has 0 spiro atoms. The normalized spacial score (nSPS) is 16.4. The smallest absolute Gasteiger partial charge is 0.244 e. The molecular formula is C12H19NO3S2. The van der Waals surface area contributed by atoms with Crippen LogP contribution in [0.1, 0.15) is 31.1 Å². The zero-order valence-electron chi connectivity index (χ0n) is 10.5. The summed E-state index contributed by atoms with van der Waals surface area (Å²) in [5, 5.41) is 10.9. The molecule has 1 aliphatic carbocycles. The number of nitrogens with zero attached hydrogens (tertiary/aromatic N) is 1. The quantitative estimate of drug-likeness (QED) is 0.836. The fraction of sp³-hybridized carbons (Fsp3) is 0.667. The van der Waals surface area contributed by atoms with E-state index in [-0.39, 0.29) is 11.5 Å². The van der Waals surface area contributed by atoms with Crippen molar-refractivity contribution in [3.8, 4) is 0 Å². The van der Waals surface area contributed by atoms with Crippen molar-refractivity contribution in [2.45, 2.75) is 37.7 Å². The maximum absolute atomic E-state index is 12.5. The number of sulfonamides is 1. The number of hydrogen-bond acceptors (Lipinski definition) is 4. The summed E-state index contributed by atoms with van der Waals surface area (Å²) in [6, 6.07) is 1.60. The van der Waals surface area contributed by atoms with E-state index in [1.165, 1.54) is 11.3 Å². The molecule has 2 rings (SSSR count). The van der Waals surface area contributed by atoms with E-state index >= 15 is 0 Å². The molecule has 1 heterocycles. The molecule has 0 amide bonds. The Bertz CT molecular complexity index is 491. The van der Waals surface area contributed by atoms with Gasteiger partial charge in [-0.2, -0.15) is 4.31 Å². The lowest BCUT2D eigenvalue weighted by Gasteiger charge is -2.21. The van der Waals surface area contributed by atoms with Gasteiger partial charge in [-0.3, -0.25) is 0 Å². The Morgan fingerprint density at radius 3 is 2.78 bits per heavy atom. The summed E-state index contributed by atoms with van der Waals surface area (Å²) in [4.78, 5) is 0.816. The average Bonchev–Trinajstić information content (AvgIpc) is 3.02. The van der Waals surface area contributed by atoms with Crippen LogP contribution in [0.5, 0.6) is 0 Å². The summed E-state index contributed by atoms with van der Waals surface area (Å²) in [5.41, 5.74) is 0. The van der Waals surface area contributed by atoms with E-state index in [4.69, 9.17) is 0 Å². The zero-order chi connectivity index (χ0) is 13.2. The minimum Gasteiger partial charge on any atom is -0.391 e. The van der Waals surface area contributed by atoms with Crippen LogP contribution in [0.2, 0.25) is 0 Å². The van der Waals surface area contributed by atoms with Gasteiger partial charge < -0.3 is 5.11 Å². The molecule has 1 saturated carbocycles. The lowest BCUT2D eigenvalue weighted by molar-refractivity contribution is 0.282. The fourth-order valence-electron chi connectivity index (χ4n) is 1.96. The maximum atomic E-state index is 12.5. The van der Waals surface area contributed by atoms with Gasteiger partial charge in [-0.05, 0) is 36.6 Å². The summed E-state index contributed by atoms with van der Waals surface area (Å²) in [6.07, 6.45) is 3.07. The molecule has 0 radical (unpaired) electrons. The van der Waals surface area contributed by atoms with E-state index in [0.29, 0.717) is 23.9 Å². The van der Waals surface area contributed by atoms with Crippen LogP contribution in [0.15, 0.2) is 16.3 Å². The SMILES string of the molecule is CCCN(CC1CC1)S(=O)(=O)c1ccsc1CO. The van der Waals surface area contributed by atoms with Crippen molar-refractivity contribution >= 4 is 21.4 Å². The van der Waals surface area contributed by atoms with E-state index in [1.807, 2.05) is 6.92 Å². The van der Waals surface area contributed by atoms with E-state index < -0.39 is 10.0 Å². The van der Waals surface area contributed by atoms with Gasteiger partial charge in [0.1, 0.15) is 0 Å². The molecule has 1 aromatic rings. The molecule has 0 aliphatic heterocycles. The second kappa shape index (κ2) is 5.69. The summed E-state index contributed by atoms with van der Waals surface area (Å²) >= 11 is 1.29. The third-order valence-electron chi connectivity index (χ3n) is 3.10. The predicted octanol–water partition coefficient (Wildman–Crippen LogP) is 2.05. The van der Waals surface area contributed by atoms with Crippen LogP contribution in [0, 0.1) is 5.92 Å². The summed E-state index contributed by atoms with van der Waals surface area (Å²) in [5.74, 6) is 0.530. The van der Waals surface area contributed by atoms with Crippen molar-refractivity contribution in [2.75, 3.05) is 13.1 Å². The van der Waals surface area contributed by atoms with E-state index in [1.54, 1.807) is 15.8 Å². The highest BCUT2D eigenvalue weighted by Gasteiger charge is 2.32. The van der Waals surface area contributed by atoms with Crippen molar-refractivity contribution < 1.29 is 13.5 Å². The van der Waals surface area contributed by atoms with Crippen molar-refractivity contribution in [1.82, 2.24) is 4.31 Å². The van der Waals surface area contributed by atoms with Gasteiger partial charge in [0.2, 0.25) is 10.0 Å². The molecular weight excluding hydrogens is 270 g/mol. The Morgan fingerprint density at radius 2 is 2.22 bits per heavy atom. The Balaban J connectivity index is 2.25. The van der Waals surface area contributed by atoms with Gasteiger partial charge in [0.25, 0.3) is 0 Å². The average molecular weight is 289 g/mol. The Kier molecular flexibility index (Phi) is 4.42. The molecule has 6 heteroatoms.